The zero-order chi connectivity index (χ0) is 17.3. The van der Waals surface area contributed by atoms with Crippen molar-refractivity contribution in [2.75, 3.05) is 13.1 Å². The van der Waals surface area contributed by atoms with Crippen molar-refractivity contribution in [2.45, 2.75) is 25.3 Å². The number of nitrogens with zero attached hydrogens (tertiary/aromatic N) is 1. The van der Waals surface area contributed by atoms with Crippen molar-refractivity contribution >= 4 is 23.9 Å². The molecular weight excluding hydrogens is 312 g/mol. The van der Waals surface area contributed by atoms with Crippen LogP contribution in [0.1, 0.15) is 24.5 Å². The highest BCUT2D eigenvalue weighted by atomic mass is 16.2. The smallest absolute Gasteiger partial charge is 0.325 e. The molecule has 2 aliphatic rings. The third-order valence-corrected chi connectivity index (χ3v) is 4.31. The van der Waals surface area contributed by atoms with E-state index in [9.17, 15) is 19.2 Å². The molecule has 1 saturated heterocycles. The largest absolute Gasteiger partial charge is 0.338 e. The van der Waals surface area contributed by atoms with E-state index < -0.39 is 36.0 Å². The van der Waals surface area contributed by atoms with Gasteiger partial charge in [-0.15, -0.1) is 0 Å². The van der Waals surface area contributed by atoms with Gasteiger partial charge in [0.15, 0.2) is 0 Å². The van der Waals surface area contributed by atoms with Gasteiger partial charge in [-0.25, -0.2) is 9.59 Å². The van der Waals surface area contributed by atoms with Crippen molar-refractivity contribution in [3.05, 3.63) is 35.4 Å². The van der Waals surface area contributed by atoms with Gasteiger partial charge in [0.05, 0.1) is 0 Å². The van der Waals surface area contributed by atoms with E-state index in [1.807, 2.05) is 24.3 Å². The maximum absolute atomic E-state index is 12.8. The minimum absolute atomic E-state index is 0.363. The van der Waals surface area contributed by atoms with Gasteiger partial charge in [0, 0.05) is 6.54 Å². The molecule has 1 unspecified atom stereocenters. The molecule has 0 aromatic heterocycles. The fourth-order valence-electron chi connectivity index (χ4n) is 3.25. The van der Waals surface area contributed by atoms with Crippen LogP contribution < -0.4 is 16.0 Å². The fourth-order valence-corrected chi connectivity index (χ4v) is 3.25. The molecule has 1 aromatic carbocycles. The van der Waals surface area contributed by atoms with Crippen molar-refractivity contribution in [1.29, 1.82) is 0 Å². The number of aryl methyl sites for hydroxylation is 1. The molecule has 3 rings (SSSR count). The summed E-state index contributed by atoms with van der Waals surface area (Å²) < 4.78 is 0. The first-order chi connectivity index (χ1) is 11.5. The van der Waals surface area contributed by atoms with Crippen LogP contribution in [0.5, 0.6) is 0 Å². The van der Waals surface area contributed by atoms with Gasteiger partial charge in [0.2, 0.25) is 5.91 Å². The summed E-state index contributed by atoms with van der Waals surface area (Å²) >= 11 is 0. The van der Waals surface area contributed by atoms with Crippen LogP contribution in [0.25, 0.3) is 0 Å². The van der Waals surface area contributed by atoms with Gasteiger partial charge in [-0.05, 0) is 30.9 Å². The lowest BCUT2D eigenvalue weighted by molar-refractivity contribution is -0.135. The Morgan fingerprint density at radius 1 is 1.29 bits per heavy atom. The fraction of sp³-hybridized carbons (Fsp3) is 0.375. The van der Waals surface area contributed by atoms with Crippen molar-refractivity contribution in [3.8, 4) is 0 Å². The Morgan fingerprint density at radius 3 is 2.79 bits per heavy atom. The molecule has 8 heteroatoms. The minimum Gasteiger partial charge on any atom is -0.338 e. The van der Waals surface area contributed by atoms with Gasteiger partial charge in [-0.1, -0.05) is 24.3 Å². The molecule has 1 atom stereocenters. The second-order valence-electron chi connectivity index (χ2n) is 5.79. The Hall–Kier alpha value is -2.90. The quantitative estimate of drug-likeness (QED) is 0.689. The van der Waals surface area contributed by atoms with E-state index in [4.69, 9.17) is 0 Å². The van der Waals surface area contributed by atoms with Crippen molar-refractivity contribution < 1.29 is 19.2 Å². The van der Waals surface area contributed by atoms with Crippen LogP contribution >= 0.6 is 0 Å². The maximum Gasteiger partial charge on any atom is 0.325 e. The number of fused-ring (bicyclic) bond motifs is 2. The zero-order valence-electron chi connectivity index (χ0n) is 13.2. The van der Waals surface area contributed by atoms with E-state index in [0.717, 1.165) is 16.0 Å². The Bertz CT molecular complexity index is 733. The van der Waals surface area contributed by atoms with E-state index in [-0.39, 0.29) is 0 Å². The molecule has 0 saturated carbocycles. The summed E-state index contributed by atoms with van der Waals surface area (Å²) in [4.78, 5) is 49.1. The number of hydrogen-bond acceptors (Lipinski definition) is 4. The van der Waals surface area contributed by atoms with Gasteiger partial charge < -0.3 is 10.6 Å². The van der Waals surface area contributed by atoms with E-state index >= 15 is 0 Å². The first-order valence-corrected chi connectivity index (χ1v) is 7.78. The molecule has 1 aliphatic carbocycles. The highest BCUT2D eigenvalue weighted by Crippen LogP contribution is 2.41. The van der Waals surface area contributed by atoms with Gasteiger partial charge in [-0.2, -0.15) is 0 Å². The monoisotopic (exact) mass is 330 g/mol. The molecule has 126 valence electrons. The summed E-state index contributed by atoms with van der Waals surface area (Å²) in [6, 6.07) is 6.16. The molecule has 1 fully saturated rings. The summed E-state index contributed by atoms with van der Waals surface area (Å²) in [5, 5.41) is 7.22. The highest BCUT2D eigenvalue weighted by molar-refractivity contribution is 6.10. The lowest BCUT2D eigenvalue weighted by Crippen LogP contribution is -2.47. The first-order valence-electron chi connectivity index (χ1n) is 7.78. The second-order valence-corrected chi connectivity index (χ2v) is 5.79. The third-order valence-electron chi connectivity index (χ3n) is 4.31. The molecule has 3 N–H and O–H groups in total. The average Bonchev–Trinajstić information content (AvgIpc) is 3.02. The minimum atomic E-state index is -1.10. The number of rotatable bonds is 3. The Kier molecular flexibility index (Phi) is 3.96. The Balaban J connectivity index is 1.76. The van der Waals surface area contributed by atoms with Crippen molar-refractivity contribution in [1.82, 2.24) is 20.9 Å². The lowest BCUT2D eigenvalue weighted by Gasteiger charge is -2.22. The van der Waals surface area contributed by atoms with Gasteiger partial charge in [0.1, 0.15) is 12.1 Å². The number of nitrogens with one attached hydrogen (secondary N) is 3. The van der Waals surface area contributed by atoms with Crippen LogP contribution in [-0.4, -0.2) is 41.9 Å². The zero-order valence-corrected chi connectivity index (χ0v) is 13.2. The predicted octanol–water partition coefficient (Wildman–Crippen LogP) is 0.226. The number of carbonyl (C=O) groups is 4. The van der Waals surface area contributed by atoms with E-state index in [2.05, 4.69) is 16.0 Å². The molecule has 24 heavy (non-hydrogen) atoms. The second kappa shape index (κ2) is 5.95. The Morgan fingerprint density at radius 2 is 2.04 bits per heavy atom. The number of benzene rings is 1. The van der Waals surface area contributed by atoms with E-state index in [0.29, 0.717) is 19.4 Å². The van der Waals surface area contributed by atoms with Crippen LogP contribution in [0, 0.1) is 0 Å². The summed E-state index contributed by atoms with van der Waals surface area (Å²) in [5.41, 5.74) is 0.689. The number of imide groups is 2. The SMILES string of the molecule is CCNC(=O)NC(=O)CN1C(=O)NC2(CCc3ccccc32)C1=O. The molecular formula is C16H18N4O4. The summed E-state index contributed by atoms with van der Waals surface area (Å²) in [6.45, 7) is 1.58. The van der Waals surface area contributed by atoms with Crippen LogP contribution in [0.2, 0.25) is 0 Å². The topological polar surface area (TPSA) is 108 Å². The Labute approximate surface area is 138 Å². The van der Waals surface area contributed by atoms with Crippen LogP contribution in [0.4, 0.5) is 9.59 Å². The first kappa shape index (κ1) is 16.0. The van der Waals surface area contributed by atoms with Crippen LogP contribution in [0.3, 0.4) is 0 Å². The molecule has 0 radical (unpaired) electrons. The molecule has 0 bridgehead atoms. The third kappa shape index (κ3) is 2.49. The van der Waals surface area contributed by atoms with E-state index in [1.54, 1.807) is 6.92 Å². The molecule has 8 nitrogen and oxygen atoms in total. The summed E-state index contributed by atoms with van der Waals surface area (Å²) in [7, 11) is 0. The van der Waals surface area contributed by atoms with Crippen LogP contribution in [-0.2, 0) is 21.5 Å². The van der Waals surface area contributed by atoms with Crippen molar-refractivity contribution in [2.24, 2.45) is 0 Å². The molecule has 6 amide bonds. The van der Waals surface area contributed by atoms with Crippen LogP contribution in [0.15, 0.2) is 24.3 Å². The lowest BCUT2D eigenvalue weighted by atomic mass is 9.92. The molecule has 1 heterocycles. The van der Waals surface area contributed by atoms with Gasteiger partial charge in [0.25, 0.3) is 5.91 Å². The molecule has 1 aromatic rings. The molecule has 1 spiro atoms. The number of urea groups is 2. The maximum atomic E-state index is 12.8. The van der Waals surface area contributed by atoms with E-state index in [1.165, 1.54) is 0 Å². The average molecular weight is 330 g/mol. The summed E-state index contributed by atoms with van der Waals surface area (Å²) in [6.07, 6.45) is 1.15. The summed E-state index contributed by atoms with van der Waals surface area (Å²) in [5.74, 6) is -1.17. The molecule has 1 aliphatic heterocycles. The number of hydrogen-bond donors (Lipinski definition) is 3. The number of amides is 6. The van der Waals surface area contributed by atoms with Crippen molar-refractivity contribution in [3.63, 3.8) is 0 Å². The standard InChI is InChI=1S/C16H18N4O4/c1-2-17-14(23)18-12(21)9-20-13(22)16(19-15(20)24)8-7-10-5-3-4-6-11(10)16/h3-6H,2,7-9H2,1H3,(H,19,24)(H2,17,18,21,23). The highest BCUT2D eigenvalue weighted by Gasteiger charge is 2.55. The van der Waals surface area contributed by atoms with Gasteiger partial charge >= 0.3 is 12.1 Å². The predicted molar refractivity (Wildman–Crippen MR) is 83.9 cm³/mol. The number of carbonyl (C=O) groups excluding carboxylic acids is 4. The van der Waals surface area contributed by atoms with Gasteiger partial charge in [-0.3, -0.25) is 19.8 Å². The normalized spacial score (nSPS) is 21.6.